The smallest absolute Gasteiger partial charge is 1.00 e. The largest absolute Gasteiger partial charge is 1.00 e. The van der Waals surface area contributed by atoms with Gasteiger partial charge in [-0.25, -0.2) is 0 Å². The van der Waals surface area contributed by atoms with Crippen LogP contribution in [0, 0.1) is 0 Å². The Hall–Kier alpha value is 0.734. The van der Waals surface area contributed by atoms with Gasteiger partial charge >= 0.3 is 27.4 Å². The summed E-state index contributed by atoms with van der Waals surface area (Å²) in [5.41, 5.74) is 0. The molecule has 0 aromatic heterocycles. The average Bonchev–Trinajstić information content (AvgIpc) is 1.68. The molecule has 0 atom stereocenters. The third kappa shape index (κ3) is 4.88. The first-order valence-electron chi connectivity index (χ1n) is 2.57. The summed E-state index contributed by atoms with van der Waals surface area (Å²) >= 11 is 0. The van der Waals surface area contributed by atoms with Gasteiger partial charge in [0.15, 0.2) is 0 Å². The molecule has 4 heteroatoms. The summed E-state index contributed by atoms with van der Waals surface area (Å²) in [6, 6.07) is 1.09. The van der Waals surface area contributed by atoms with E-state index in [1.807, 2.05) is 0 Å². The number of hydrogen-bond acceptors (Lipinski definition) is 2. The van der Waals surface area contributed by atoms with Gasteiger partial charge in [0.25, 0.3) is 0 Å². The number of rotatable bonds is 2. The van der Waals surface area contributed by atoms with Crippen LogP contribution in [0.25, 0.3) is 0 Å². The summed E-state index contributed by atoms with van der Waals surface area (Å²) in [5.74, 6) is 0. The Kier molecular flexibility index (Phi) is 6.62. The van der Waals surface area contributed by atoms with Crippen molar-refractivity contribution in [2.24, 2.45) is 0 Å². The van der Waals surface area contributed by atoms with E-state index in [9.17, 15) is 0 Å². The van der Waals surface area contributed by atoms with Crippen LogP contribution in [-0.2, 0) is 0 Å². The van der Waals surface area contributed by atoms with E-state index >= 15 is 0 Å². The molecule has 0 saturated carbocycles. The van der Waals surface area contributed by atoms with Crippen LogP contribution >= 0.6 is 0 Å². The predicted octanol–water partition coefficient (Wildman–Crippen LogP) is -2.43. The quantitative estimate of drug-likeness (QED) is 0.406. The van der Waals surface area contributed by atoms with Crippen molar-refractivity contribution in [3.63, 3.8) is 0 Å². The maximum absolute atomic E-state index is 8.83. The van der Waals surface area contributed by atoms with Gasteiger partial charge in [-0.05, 0) is 12.1 Å². The van der Waals surface area contributed by atoms with E-state index in [0.717, 1.165) is 0 Å². The van der Waals surface area contributed by atoms with Crippen LogP contribution in [0.2, 0.25) is 12.1 Å². The van der Waals surface area contributed by atoms with Gasteiger partial charge in [-0.2, -0.15) is 0 Å². The third-order valence-corrected chi connectivity index (χ3v) is 3.40. The molecule has 0 saturated heterocycles. The molecule has 0 amide bonds. The third-order valence-electron chi connectivity index (χ3n) is 1.13. The van der Waals surface area contributed by atoms with Gasteiger partial charge in [0.1, 0.15) is 0 Å². The second kappa shape index (κ2) is 4.60. The van der Waals surface area contributed by atoms with Crippen molar-refractivity contribution in [1.82, 2.24) is 0 Å². The van der Waals surface area contributed by atoms with Crippen LogP contribution in [0.5, 0.6) is 0 Å². The zero-order chi connectivity index (χ0) is 5.91. The molecule has 0 rings (SSSR count). The molecule has 0 unspecified atom stereocenters. The Morgan fingerprint density at radius 2 is 1.50 bits per heavy atom. The molecule has 0 aliphatic carbocycles. The van der Waals surface area contributed by atoms with Crippen LogP contribution < -0.4 is 18.9 Å². The minimum Gasteiger partial charge on any atom is -1.00 e. The molecular weight excluding hydrogens is 115 g/mol. The standard InChI is InChI=1S/C4H12O2Si.Li.H/c1-3-7(5,6)4-2;;/h5-6H,3-4H2,1-2H3;;/q;+1;-1. The van der Waals surface area contributed by atoms with Crippen molar-refractivity contribution in [2.45, 2.75) is 25.9 Å². The molecule has 0 spiro atoms. The average molecular weight is 128 g/mol. The van der Waals surface area contributed by atoms with Crippen molar-refractivity contribution in [3.05, 3.63) is 0 Å². The van der Waals surface area contributed by atoms with Gasteiger partial charge in [-0.3, -0.25) is 0 Å². The van der Waals surface area contributed by atoms with Gasteiger partial charge in [-0.1, -0.05) is 13.8 Å². The minimum absolute atomic E-state index is 0. The zero-order valence-corrected chi connectivity index (χ0v) is 6.81. The van der Waals surface area contributed by atoms with Crippen LogP contribution in [0.1, 0.15) is 15.3 Å². The summed E-state index contributed by atoms with van der Waals surface area (Å²) in [6.07, 6.45) is 0. The van der Waals surface area contributed by atoms with Crippen LogP contribution in [-0.4, -0.2) is 18.2 Å². The first-order valence-corrected chi connectivity index (χ1v) is 4.88. The van der Waals surface area contributed by atoms with Crippen molar-refractivity contribution in [1.29, 1.82) is 0 Å². The molecule has 0 fully saturated rings. The van der Waals surface area contributed by atoms with E-state index in [-0.39, 0.29) is 20.3 Å². The van der Waals surface area contributed by atoms with E-state index in [4.69, 9.17) is 9.59 Å². The van der Waals surface area contributed by atoms with Crippen LogP contribution in [0.15, 0.2) is 0 Å². The van der Waals surface area contributed by atoms with Gasteiger partial charge < -0.3 is 11.0 Å². The molecule has 0 aliphatic rings. The monoisotopic (exact) mass is 128 g/mol. The van der Waals surface area contributed by atoms with E-state index in [1.54, 1.807) is 13.8 Å². The summed E-state index contributed by atoms with van der Waals surface area (Å²) < 4.78 is 0. The SMILES string of the molecule is CC[Si](O)(O)CC.[H-].[Li+]. The molecule has 0 bridgehead atoms. The Morgan fingerprint density at radius 1 is 1.25 bits per heavy atom. The van der Waals surface area contributed by atoms with Crippen molar-refractivity contribution in [2.75, 3.05) is 0 Å². The first kappa shape index (κ1) is 11.5. The Labute approximate surface area is 64.8 Å². The molecule has 0 aliphatic heterocycles. The number of hydrogen-bond donors (Lipinski definition) is 2. The van der Waals surface area contributed by atoms with Gasteiger partial charge in [-0.15, -0.1) is 0 Å². The van der Waals surface area contributed by atoms with Gasteiger partial charge in [0.2, 0.25) is 0 Å². The summed E-state index contributed by atoms with van der Waals surface area (Å²) in [6.45, 7) is 3.60. The van der Waals surface area contributed by atoms with Crippen LogP contribution in [0.3, 0.4) is 0 Å². The minimum atomic E-state index is -2.65. The molecular formula is C4H13LiO2Si. The predicted molar refractivity (Wildman–Crippen MR) is 32.3 cm³/mol. The topological polar surface area (TPSA) is 40.5 Å². The van der Waals surface area contributed by atoms with E-state index in [1.165, 1.54) is 0 Å². The van der Waals surface area contributed by atoms with Crippen LogP contribution in [0.4, 0.5) is 0 Å². The second-order valence-electron chi connectivity index (χ2n) is 1.69. The zero-order valence-electron chi connectivity index (χ0n) is 6.81. The molecule has 0 aromatic carbocycles. The van der Waals surface area contributed by atoms with Gasteiger partial charge in [0.05, 0.1) is 0 Å². The summed E-state index contributed by atoms with van der Waals surface area (Å²) in [7, 11) is -2.65. The Morgan fingerprint density at radius 3 is 1.50 bits per heavy atom. The van der Waals surface area contributed by atoms with E-state index in [2.05, 4.69) is 0 Å². The van der Waals surface area contributed by atoms with Crippen molar-refractivity contribution in [3.8, 4) is 0 Å². The Balaban J connectivity index is -0.000000180. The van der Waals surface area contributed by atoms with E-state index < -0.39 is 8.56 Å². The molecule has 2 nitrogen and oxygen atoms in total. The van der Waals surface area contributed by atoms with E-state index in [0.29, 0.717) is 12.1 Å². The molecule has 0 heterocycles. The van der Waals surface area contributed by atoms with Gasteiger partial charge in [0, 0.05) is 0 Å². The normalized spacial score (nSPS) is 10.5. The van der Waals surface area contributed by atoms with Crippen molar-refractivity contribution < 1.29 is 29.9 Å². The fourth-order valence-corrected chi connectivity index (χ4v) is 0.750. The molecule has 46 valence electrons. The van der Waals surface area contributed by atoms with Crippen molar-refractivity contribution >= 4 is 8.56 Å². The fraction of sp³-hybridized carbons (Fsp3) is 1.00. The summed E-state index contributed by atoms with van der Waals surface area (Å²) in [4.78, 5) is 17.7. The molecule has 8 heavy (non-hydrogen) atoms. The maximum Gasteiger partial charge on any atom is 1.00 e. The Bertz CT molecular complexity index is 56.5. The first-order chi connectivity index (χ1) is 3.12. The second-order valence-corrected chi connectivity index (χ2v) is 5.07. The summed E-state index contributed by atoms with van der Waals surface area (Å²) in [5, 5.41) is 0. The molecule has 2 N–H and O–H groups in total. The maximum atomic E-state index is 8.83. The fourth-order valence-electron chi connectivity index (χ4n) is 0.250. The molecule has 0 radical (unpaired) electrons. The molecule has 0 aromatic rings.